The summed E-state index contributed by atoms with van der Waals surface area (Å²) in [4.78, 5) is 0. The minimum absolute atomic E-state index is 0. The average Bonchev–Trinajstić information content (AvgIpc) is 2.03. The first-order chi connectivity index (χ1) is 4.93. The van der Waals surface area contributed by atoms with Crippen LogP contribution in [0, 0.1) is 6.07 Å². The predicted molar refractivity (Wildman–Crippen MR) is 37.9 cm³/mol. The molecule has 0 saturated heterocycles. The van der Waals surface area contributed by atoms with E-state index in [1.165, 1.54) is 0 Å². The number of aliphatic hydroxyl groups excluding tert-OH is 1. The van der Waals surface area contributed by atoms with E-state index in [1.807, 2.05) is 12.1 Å². The van der Waals surface area contributed by atoms with Gasteiger partial charge >= 0.3 is 18.9 Å². The molecule has 11 heavy (non-hydrogen) atoms. The molecule has 0 aliphatic rings. The fourth-order valence-electron chi connectivity index (χ4n) is 0.622. The topological polar surface area (TPSA) is 29.5 Å². The number of hydrogen-bond acceptors (Lipinski definition) is 2. The molecule has 0 amide bonds. The molecule has 0 fully saturated rings. The first kappa shape index (κ1) is 10.6. The summed E-state index contributed by atoms with van der Waals surface area (Å²) in [5.41, 5.74) is 0. The molecule has 0 spiro atoms. The van der Waals surface area contributed by atoms with Crippen LogP contribution in [0.15, 0.2) is 24.3 Å². The molecule has 54 valence electrons. The van der Waals surface area contributed by atoms with Gasteiger partial charge in [0.15, 0.2) is 0 Å². The minimum Gasteiger partial charge on any atom is -0.517 e. The predicted octanol–water partition coefficient (Wildman–Crippen LogP) is -2.14. The number of hydrogen-bond donors (Lipinski definition) is 1. The van der Waals surface area contributed by atoms with Gasteiger partial charge < -0.3 is 9.84 Å². The van der Waals surface area contributed by atoms with Crippen molar-refractivity contribution in [3.8, 4) is 5.75 Å². The van der Waals surface area contributed by atoms with Crippen molar-refractivity contribution in [3.63, 3.8) is 0 Å². The van der Waals surface area contributed by atoms with Crippen LogP contribution in [0.2, 0.25) is 0 Å². The summed E-state index contributed by atoms with van der Waals surface area (Å²) in [7, 11) is 0. The zero-order valence-corrected chi connectivity index (χ0v) is 6.58. The van der Waals surface area contributed by atoms with Crippen LogP contribution >= 0.6 is 0 Å². The van der Waals surface area contributed by atoms with Crippen LogP contribution in [0.5, 0.6) is 5.75 Å². The molecule has 2 nitrogen and oxygen atoms in total. The molecular formula is C8H9LiO2. The third-order valence-electron chi connectivity index (χ3n) is 1.03. The quantitative estimate of drug-likeness (QED) is 0.387. The Morgan fingerprint density at radius 3 is 2.82 bits per heavy atom. The maximum Gasteiger partial charge on any atom is 1.00 e. The third-order valence-corrected chi connectivity index (χ3v) is 1.03. The van der Waals surface area contributed by atoms with Crippen LogP contribution < -0.4 is 23.6 Å². The van der Waals surface area contributed by atoms with E-state index in [-0.39, 0.29) is 25.5 Å². The van der Waals surface area contributed by atoms with Gasteiger partial charge in [0.1, 0.15) is 6.61 Å². The van der Waals surface area contributed by atoms with Gasteiger partial charge in [-0.1, -0.05) is 0 Å². The number of benzene rings is 1. The Kier molecular flexibility index (Phi) is 6.06. The van der Waals surface area contributed by atoms with Gasteiger partial charge in [0, 0.05) is 5.75 Å². The van der Waals surface area contributed by atoms with Gasteiger partial charge in [-0.3, -0.25) is 0 Å². The molecule has 0 heterocycles. The van der Waals surface area contributed by atoms with Crippen LogP contribution in [-0.2, 0) is 0 Å². The number of aliphatic hydroxyl groups is 1. The van der Waals surface area contributed by atoms with Gasteiger partial charge in [0.2, 0.25) is 0 Å². The molecule has 0 bridgehead atoms. The van der Waals surface area contributed by atoms with Crippen molar-refractivity contribution in [1.29, 1.82) is 0 Å². The smallest absolute Gasteiger partial charge is 0.517 e. The molecule has 0 radical (unpaired) electrons. The van der Waals surface area contributed by atoms with E-state index in [1.54, 1.807) is 12.1 Å². The number of rotatable bonds is 3. The van der Waals surface area contributed by atoms with Crippen LogP contribution in [-0.4, -0.2) is 18.3 Å². The molecule has 0 saturated carbocycles. The van der Waals surface area contributed by atoms with E-state index in [9.17, 15) is 0 Å². The Labute approximate surface area is 78.4 Å². The molecule has 3 heteroatoms. The zero-order chi connectivity index (χ0) is 7.23. The first-order valence-electron chi connectivity index (χ1n) is 3.14. The standard InChI is InChI=1S/C8H9O2.Li/c9-6-7-10-8-4-2-1-3-5-8;/h1-4,9H,6-7H2;/q-1;+1. The fraction of sp³-hybridized carbons (Fsp3) is 0.250. The maximum absolute atomic E-state index is 8.39. The van der Waals surface area contributed by atoms with Crippen LogP contribution in [0.3, 0.4) is 0 Å². The summed E-state index contributed by atoms with van der Waals surface area (Å²) < 4.78 is 5.05. The van der Waals surface area contributed by atoms with Gasteiger partial charge in [-0.25, -0.2) is 0 Å². The molecule has 0 aliphatic carbocycles. The third kappa shape index (κ3) is 4.10. The largest absolute Gasteiger partial charge is 1.00 e. The second-order valence-electron chi connectivity index (χ2n) is 1.80. The Bertz CT molecular complexity index is 177. The van der Waals surface area contributed by atoms with Crippen molar-refractivity contribution in [2.45, 2.75) is 0 Å². The van der Waals surface area contributed by atoms with E-state index >= 15 is 0 Å². The van der Waals surface area contributed by atoms with Gasteiger partial charge in [-0.15, -0.1) is 12.1 Å². The van der Waals surface area contributed by atoms with Crippen LogP contribution in [0.4, 0.5) is 0 Å². The van der Waals surface area contributed by atoms with Crippen molar-refractivity contribution < 1.29 is 28.7 Å². The van der Waals surface area contributed by atoms with Crippen molar-refractivity contribution in [3.05, 3.63) is 30.3 Å². The van der Waals surface area contributed by atoms with Gasteiger partial charge in [0.05, 0.1) is 6.61 Å². The monoisotopic (exact) mass is 144 g/mol. The number of para-hydroxylation sites is 1. The summed E-state index contributed by atoms with van der Waals surface area (Å²) in [6.45, 7) is 0.378. The van der Waals surface area contributed by atoms with Crippen molar-refractivity contribution in [2.75, 3.05) is 13.2 Å². The fourth-order valence-corrected chi connectivity index (χ4v) is 0.622. The summed E-state index contributed by atoms with van der Waals surface area (Å²) in [5, 5.41) is 8.39. The van der Waals surface area contributed by atoms with E-state index in [0.29, 0.717) is 12.4 Å². The summed E-state index contributed by atoms with van der Waals surface area (Å²) >= 11 is 0. The summed E-state index contributed by atoms with van der Waals surface area (Å²) in [6, 6.07) is 10.2. The van der Waals surface area contributed by atoms with Gasteiger partial charge in [0.25, 0.3) is 0 Å². The Morgan fingerprint density at radius 2 is 2.27 bits per heavy atom. The molecule has 0 unspecified atom stereocenters. The summed E-state index contributed by atoms with van der Waals surface area (Å²) in [6.07, 6.45) is 0. The van der Waals surface area contributed by atoms with E-state index < -0.39 is 0 Å². The molecule has 1 aromatic carbocycles. The Balaban J connectivity index is 0.000001000. The molecule has 0 atom stereocenters. The van der Waals surface area contributed by atoms with Crippen molar-refractivity contribution in [1.82, 2.24) is 0 Å². The van der Waals surface area contributed by atoms with Crippen molar-refractivity contribution in [2.24, 2.45) is 0 Å². The van der Waals surface area contributed by atoms with Crippen LogP contribution in [0.25, 0.3) is 0 Å². The molecule has 1 rings (SSSR count). The Hall–Kier alpha value is -0.423. The second kappa shape index (κ2) is 6.30. The average molecular weight is 144 g/mol. The van der Waals surface area contributed by atoms with Crippen molar-refractivity contribution >= 4 is 0 Å². The second-order valence-corrected chi connectivity index (χ2v) is 1.80. The molecule has 0 aliphatic heterocycles. The van der Waals surface area contributed by atoms with Gasteiger partial charge in [-0.05, 0) is 0 Å². The SMILES string of the molecule is OCCOc1[c-]cccc1.[Li+]. The van der Waals surface area contributed by atoms with E-state index in [0.717, 1.165) is 0 Å². The first-order valence-corrected chi connectivity index (χ1v) is 3.14. The van der Waals surface area contributed by atoms with E-state index in [2.05, 4.69) is 6.07 Å². The maximum atomic E-state index is 8.39. The van der Waals surface area contributed by atoms with Gasteiger partial charge in [-0.2, -0.15) is 18.2 Å². The Morgan fingerprint density at radius 1 is 1.45 bits per heavy atom. The molecule has 1 N–H and O–H groups in total. The minimum atomic E-state index is 0. The molecular weight excluding hydrogens is 135 g/mol. The zero-order valence-electron chi connectivity index (χ0n) is 6.58. The molecule has 0 aromatic heterocycles. The molecule has 1 aromatic rings. The normalized spacial score (nSPS) is 8.45. The van der Waals surface area contributed by atoms with Crippen LogP contribution in [0.1, 0.15) is 0 Å². The van der Waals surface area contributed by atoms with E-state index in [4.69, 9.17) is 9.84 Å². The summed E-state index contributed by atoms with van der Waals surface area (Å²) in [5.74, 6) is 0.677. The number of ether oxygens (including phenoxy) is 1.